The average Bonchev–Trinajstić information content (AvgIpc) is 2.57. The Bertz CT molecular complexity index is 855. The predicted octanol–water partition coefficient (Wildman–Crippen LogP) is 2.54. The van der Waals surface area contributed by atoms with Crippen molar-refractivity contribution in [3.8, 4) is 5.75 Å². The van der Waals surface area contributed by atoms with E-state index in [-0.39, 0.29) is 19.0 Å². The van der Waals surface area contributed by atoms with Crippen molar-refractivity contribution in [2.24, 2.45) is 0 Å². The molecule has 0 heterocycles. The summed E-state index contributed by atoms with van der Waals surface area (Å²) in [5, 5.41) is 3.14. The Morgan fingerprint density at radius 3 is 2.56 bits per heavy atom. The van der Waals surface area contributed by atoms with Crippen LogP contribution in [0.1, 0.15) is 10.4 Å². The Balaban J connectivity index is 2.08. The summed E-state index contributed by atoms with van der Waals surface area (Å²) in [6, 6.07) is 13.4. The molecule has 1 N–H and O–H groups in total. The van der Waals surface area contributed by atoms with Crippen molar-refractivity contribution in [3.05, 3.63) is 59.1 Å². The van der Waals surface area contributed by atoms with Crippen LogP contribution in [0.15, 0.2) is 48.5 Å². The third-order valence-corrected chi connectivity index (χ3v) is 4.88. The van der Waals surface area contributed by atoms with E-state index in [9.17, 15) is 13.2 Å². The molecule has 0 saturated heterocycles. The minimum atomic E-state index is -3.51. The van der Waals surface area contributed by atoms with Crippen LogP contribution in [-0.2, 0) is 10.0 Å². The summed E-state index contributed by atoms with van der Waals surface area (Å²) in [6.45, 7) is 0.219. The van der Waals surface area contributed by atoms with E-state index in [1.807, 2.05) is 0 Å². The molecule has 0 aliphatic rings. The zero-order valence-corrected chi connectivity index (χ0v) is 15.5. The number of halogens is 1. The van der Waals surface area contributed by atoms with Crippen molar-refractivity contribution >= 4 is 33.2 Å². The minimum Gasteiger partial charge on any atom is -0.496 e. The zero-order valence-electron chi connectivity index (χ0n) is 13.9. The van der Waals surface area contributed by atoms with Gasteiger partial charge in [0.15, 0.2) is 0 Å². The molecular formula is C17H19ClN2O4S. The second kappa shape index (κ2) is 8.22. The summed E-state index contributed by atoms with van der Waals surface area (Å²) in [5.41, 5.74) is 0.834. The van der Waals surface area contributed by atoms with Crippen molar-refractivity contribution in [1.29, 1.82) is 0 Å². The summed E-state index contributed by atoms with van der Waals surface area (Å²) >= 11 is 5.93. The van der Waals surface area contributed by atoms with Gasteiger partial charge in [-0.25, -0.2) is 8.42 Å². The van der Waals surface area contributed by atoms with E-state index in [1.54, 1.807) is 48.5 Å². The Morgan fingerprint density at radius 1 is 1.20 bits per heavy atom. The quantitative estimate of drug-likeness (QED) is 0.798. The van der Waals surface area contributed by atoms with E-state index in [0.717, 1.165) is 6.26 Å². The van der Waals surface area contributed by atoms with Crippen molar-refractivity contribution in [1.82, 2.24) is 5.32 Å². The van der Waals surface area contributed by atoms with E-state index in [1.165, 1.54) is 11.4 Å². The fraction of sp³-hybridized carbons (Fsp3) is 0.235. The van der Waals surface area contributed by atoms with Gasteiger partial charge < -0.3 is 10.1 Å². The van der Waals surface area contributed by atoms with E-state index >= 15 is 0 Å². The maximum Gasteiger partial charge on any atom is 0.255 e. The Morgan fingerprint density at radius 2 is 1.92 bits per heavy atom. The van der Waals surface area contributed by atoms with Crippen LogP contribution in [0.4, 0.5) is 5.69 Å². The topological polar surface area (TPSA) is 75.7 Å². The third-order valence-electron chi connectivity index (χ3n) is 3.45. The van der Waals surface area contributed by atoms with Crippen LogP contribution in [0.3, 0.4) is 0 Å². The number of hydrogen-bond donors (Lipinski definition) is 1. The molecule has 0 unspecified atom stereocenters. The summed E-state index contributed by atoms with van der Waals surface area (Å²) < 4.78 is 30.4. The van der Waals surface area contributed by atoms with Crippen LogP contribution < -0.4 is 14.4 Å². The Kier molecular flexibility index (Phi) is 6.27. The maximum atomic E-state index is 12.3. The van der Waals surface area contributed by atoms with Gasteiger partial charge in [0.25, 0.3) is 5.91 Å². The van der Waals surface area contributed by atoms with E-state index in [4.69, 9.17) is 16.3 Å². The molecule has 2 aromatic carbocycles. The van der Waals surface area contributed by atoms with Gasteiger partial charge in [0, 0.05) is 11.6 Å². The molecule has 6 nitrogen and oxygen atoms in total. The molecule has 0 aromatic heterocycles. The number of nitrogens with zero attached hydrogens (tertiary/aromatic N) is 1. The number of benzene rings is 2. The predicted molar refractivity (Wildman–Crippen MR) is 99.0 cm³/mol. The molecule has 0 radical (unpaired) electrons. The fourth-order valence-electron chi connectivity index (χ4n) is 2.32. The first kappa shape index (κ1) is 19.1. The zero-order chi connectivity index (χ0) is 18.4. The second-order valence-electron chi connectivity index (χ2n) is 5.27. The molecule has 8 heteroatoms. The minimum absolute atomic E-state index is 0.0834. The molecule has 1 amide bonds. The number of nitrogens with one attached hydrogen (secondary N) is 1. The molecule has 0 spiro atoms. The smallest absolute Gasteiger partial charge is 0.255 e. The number of para-hydroxylation sites is 1. The summed E-state index contributed by atoms with van der Waals surface area (Å²) in [7, 11) is -2.03. The number of ether oxygens (including phenoxy) is 1. The molecule has 2 aromatic rings. The lowest BCUT2D eigenvalue weighted by atomic mass is 10.2. The molecule has 0 atom stereocenters. The van der Waals surface area contributed by atoms with Gasteiger partial charge >= 0.3 is 0 Å². The molecule has 0 saturated carbocycles. The van der Waals surface area contributed by atoms with Gasteiger partial charge in [-0.3, -0.25) is 9.10 Å². The van der Waals surface area contributed by atoms with Crippen LogP contribution in [0, 0.1) is 0 Å². The van der Waals surface area contributed by atoms with Gasteiger partial charge in [-0.2, -0.15) is 0 Å². The van der Waals surface area contributed by atoms with Crippen molar-refractivity contribution in [2.45, 2.75) is 0 Å². The van der Waals surface area contributed by atoms with E-state index in [2.05, 4.69) is 5.32 Å². The summed E-state index contributed by atoms with van der Waals surface area (Å²) in [5.74, 6) is 0.117. The van der Waals surface area contributed by atoms with Gasteiger partial charge in [0.2, 0.25) is 10.0 Å². The lowest BCUT2D eigenvalue weighted by Crippen LogP contribution is -2.38. The normalized spacial score (nSPS) is 11.0. The van der Waals surface area contributed by atoms with Crippen molar-refractivity contribution in [3.63, 3.8) is 0 Å². The van der Waals surface area contributed by atoms with Gasteiger partial charge in [0.05, 0.1) is 31.2 Å². The molecule has 0 aliphatic heterocycles. The van der Waals surface area contributed by atoms with Crippen LogP contribution in [0.2, 0.25) is 5.02 Å². The van der Waals surface area contributed by atoms with Gasteiger partial charge in [0.1, 0.15) is 5.75 Å². The van der Waals surface area contributed by atoms with Crippen LogP contribution in [0.25, 0.3) is 0 Å². The van der Waals surface area contributed by atoms with Gasteiger partial charge in [-0.15, -0.1) is 0 Å². The molecule has 0 fully saturated rings. The highest BCUT2D eigenvalue weighted by Crippen LogP contribution is 2.21. The van der Waals surface area contributed by atoms with Crippen molar-refractivity contribution < 1.29 is 17.9 Å². The van der Waals surface area contributed by atoms with Gasteiger partial charge in [-0.1, -0.05) is 29.8 Å². The van der Waals surface area contributed by atoms with E-state index in [0.29, 0.717) is 22.0 Å². The molecule has 25 heavy (non-hydrogen) atoms. The Labute approximate surface area is 152 Å². The van der Waals surface area contributed by atoms with Crippen LogP contribution >= 0.6 is 11.6 Å². The highest BCUT2D eigenvalue weighted by molar-refractivity contribution is 7.92. The Hall–Kier alpha value is -2.25. The summed E-state index contributed by atoms with van der Waals surface area (Å²) in [4.78, 5) is 12.3. The standard InChI is InChI=1S/C17H19ClN2O4S/c1-24-16-9-4-3-8-15(16)17(21)19-10-11-20(25(2,22)23)14-7-5-6-13(18)12-14/h3-9,12H,10-11H2,1-2H3,(H,19,21). The molecule has 2 rings (SSSR count). The lowest BCUT2D eigenvalue weighted by molar-refractivity contribution is 0.0952. The first-order chi connectivity index (χ1) is 11.8. The number of carbonyl (C=O) groups is 1. The molecule has 134 valence electrons. The summed E-state index contributed by atoms with van der Waals surface area (Å²) in [6.07, 6.45) is 1.11. The number of sulfonamides is 1. The van der Waals surface area contributed by atoms with Gasteiger partial charge in [-0.05, 0) is 30.3 Å². The first-order valence-corrected chi connectivity index (χ1v) is 9.70. The molecular weight excluding hydrogens is 364 g/mol. The number of rotatable bonds is 7. The highest BCUT2D eigenvalue weighted by Gasteiger charge is 2.18. The average molecular weight is 383 g/mol. The second-order valence-corrected chi connectivity index (χ2v) is 7.61. The number of amides is 1. The monoisotopic (exact) mass is 382 g/mol. The molecule has 0 bridgehead atoms. The maximum absolute atomic E-state index is 12.3. The lowest BCUT2D eigenvalue weighted by Gasteiger charge is -2.22. The number of methoxy groups -OCH3 is 1. The third kappa shape index (κ3) is 5.11. The first-order valence-electron chi connectivity index (χ1n) is 7.47. The largest absolute Gasteiger partial charge is 0.496 e. The SMILES string of the molecule is COc1ccccc1C(=O)NCCN(c1cccc(Cl)c1)S(C)(=O)=O. The number of anilines is 1. The highest BCUT2D eigenvalue weighted by atomic mass is 35.5. The fourth-order valence-corrected chi connectivity index (χ4v) is 3.42. The van der Waals surface area contributed by atoms with E-state index < -0.39 is 10.0 Å². The molecule has 0 aliphatic carbocycles. The van der Waals surface area contributed by atoms with Crippen LogP contribution in [0.5, 0.6) is 5.75 Å². The number of carbonyl (C=O) groups excluding carboxylic acids is 1. The van der Waals surface area contributed by atoms with Crippen LogP contribution in [-0.4, -0.2) is 40.8 Å². The van der Waals surface area contributed by atoms with Crippen molar-refractivity contribution in [2.75, 3.05) is 30.8 Å². The number of hydrogen-bond acceptors (Lipinski definition) is 4.